The fraction of sp³-hybridized carbons (Fsp3) is 0.350. The molecule has 1 aliphatic carbocycles. The van der Waals surface area contributed by atoms with E-state index in [2.05, 4.69) is 29.2 Å². The normalized spacial score (nSPS) is 16.2. The number of aryl methyl sites for hydroxylation is 1. The van der Waals surface area contributed by atoms with Crippen molar-refractivity contribution in [2.45, 2.75) is 25.4 Å². The van der Waals surface area contributed by atoms with Crippen molar-refractivity contribution in [2.75, 3.05) is 20.6 Å². The van der Waals surface area contributed by atoms with Crippen LogP contribution in [0.2, 0.25) is 0 Å². The average molecular weight is 326 g/mol. The molecule has 2 aromatic carbocycles. The van der Waals surface area contributed by atoms with Gasteiger partial charge in [0.15, 0.2) is 0 Å². The van der Waals surface area contributed by atoms with Gasteiger partial charge in [0, 0.05) is 25.2 Å². The zero-order valence-electron chi connectivity index (χ0n) is 14.2. The maximum absolute atomic E-state index is 13.7. The summed E-state index contributed by atoms with van der Waals surface area (Å²) in [7, 11) is 3.72. The Morgan fingerprint density at radius 3 is 2.62 bits per heavy atom. The minimum absolute atomic E-state index is 0.00475. The fourth-order valence-electron chi connectivity index (χ4n) is 3.41. The van der Waals surface area contributed by atoms with Gasteiger partial charge >= 0.3 is 0 Å². The molecule has 1 amide bonds. The summed E-state index contributed by atoms with van der Waals surface area (Å²) in [4.78, 5) is 16.2. The van der Waals surface area contributed by atoms with E-state index in [9.17, 15) is 9.18 Å². The van der Waals surface area contributed by atoms with Crippen LogP contribution >= 0.6 is 0 Å². The van der Waals surface area contributed by atoms with Gasteiger partial charge < -0.3 is 4.90 Å². The van der Waals surface area contributed by atoms with Gasteiger partial charge in [-0.1, -0.05) is 42.5 Å². The quantitative estimate of drug-likeness (QED) is 0.841. The molecule has 1 aliphatic rings. The molecule has 126 valence electrons. The summed E-state index contributed by atoms with van der Waals surface area (Å²) in [6.45, 7) is 0.630. The Bertz CT molecular complexity index is 731. The highest BCUT2D eigenvalue weighted by Crippen LogP contribution is 2.34. The molecule has 1 unspecified atom stereocenters. The third kappa shape index (κ3) is 3.49. The van der Waals surface area contributed by atoms with Gasteiger partial charge in [0.2, 0.25) is 5.91 Å². The number of halogens is 1. The molecular formula is C20H23FN2O. The summed E-state index contributed by atoms with van der Waals surface area (Å²) < 4.78 is 13.7. The molecule has 24 heavy (non-hydrogen) atoms. The number of likely N-dealkylation sites (N-methyl/N-ethyl adjacent to an activating group) is 2. The minimum Gasteiger partial charge on any atom is -0.340 e. The Labute approximate surface area is 142 Å². The standard InChI is InChI=1S/C20H23FN2O/c1-22(19-12-11-15-7-3-5-9-17(15)19)14-20(24)23(2)13-16-8-4-6-10-18(16)21/h3-10,19H,11-14H2,1-2H3. The van der Waals surface area contributed by atoms with Crippen LogP contribution in [-0.2, 0) is 17.8 Å². The first-order valence-electron chi connectivity index (χ1n) is 8.31. The second-order valence-corrected chi connectivity index (χ2v) is 6.51. The number of benzene rings is 2. The number of rotatable bonds is 5. The Morgan fingerprint density at radius 1 is 1.12 bits per heavy atom. The van der Waals surface area contributed by atoms with E-state index in [1.54, 1.807) is 30.1 Å². The molecule has 4 heteroatoms. The van der Waals surface area contributed by atoms with Gasteiger partial charge in [-0.3, -0.25) is 9.69 Å². The molecule has 0 fully saturated rings. The summed E-state index contributed by atoms with van der Waals surface area (Å²) in [5.41, 5.74) is 3.24. The van der Waals surface area contributed by atoms with Crippen molar-refractivity contribution in [1.29, 1.82) is 0 Å². The van der Waals surface area contributed by atoms with Crippen LogP contribution < -0.4 is 0 Å². The van der Waals surface area contributed by atoms with E-state index in [-0.39, 0.29) is 17.8 Å². The second-order valence-electron chi connectivity index (χ2n) is 6.51. The molecule has 0 saturated carbocycles. The van der Waals surface area contributed by atoms with Crippen LogP contribution in [0, 0.1) is 5.82 Å². The van der Waals surface area contributed by atoms with Crippen molar-refractivity contribution in [2.24, 2.45) is 0 Å². The van der Waals surface area contributed by atoms with Gasteiger partial charge in [0.05, 0.1) is 6.54 Å². The van der Waals surface area contributed by atoms with Crippen molar-refractivity contribution in [3.63, 3.8) is 0 Å². The number of hydrogen-bond donors (Lipinski definition) is 0. The van der Waals surface area contributed by atoms with Gasteiger partial charge in [-0.05, 0) is 37.1 Å². The van der Waals surface area contributed by atoms with Gasteiger partial charge in [0.1, 0.15) is 5.82 Å². The molecule has 0 aliphatic heterocycles. The molecule has 0 saturated heterocycles. The topological polar surface area (TPSA) is 23.6 Å². The smallest absolute Gasteiger partial charge is 0.236 e. The average Bonchev–Trinajstić information content (AvgIpc) is 3.01. The van der Waals surface area contributed by atoms with E-state index in [0.717, 1.165) is 12.8 Å². The number of nitrogens with zero attached hydrogens (tertiary/aromatic N) is 2. The number of hydrogen-bond acceptors (Lipinski definition) is 2. The van der Waals surface area contributed by atoms with E-state index in [1.165, 1.54) is 17.2 Å². The van der Waals surface area contributed by atoms with Crippen LogP contribution in [0.1, 0.15) is 29.2 Å². The molecule has 2 aromatic rings. The minimum atomic E-state index is -0.268. The molecule has 0 spiro atoms. The van der Waals surface area contributed by atoms with E-state index in [4.69, 9.17) is 0 Å². The maximum Gasteiger partial charge on any atom is 0.236 e. The van der Waals surface area contributed by atoms with Crippen molar-refractivity contribution < 1.29 is 9.18 Å². The van der Waals surface area contributed by atoms with Crippen molar-refractivity contribution in [3.05, 3.63) is 71.0 Å². The molecule has 1 atom stereocenters. The first-order chi connectivity index (χ1) is 11.6. The van der Waals surface area contributed by atoms with Gasteiger partial charge in [-0.15, -0.1) is 0 Å². The molecule has 3 nitrogen and oxygen atoms in total. The molecule has 3 rings (SSSR count). The van der Waals surface area contributed by atoms with Crippen LogP contribution in [0.5, 0.6) is 0 Å². The highest BCUT2D eigenvalue weighted by Gasteiger charge is 2.27. The second kappa shape index (κ2) is 7.14. The molecular weight excluding hydrogens is 303 g/mol. The van der Waals surface area contributed by atoms with E-state index in [1.807, 2.05) is 7.05 Å². The molecule has 0 radical (unpaired) electrons. The lowest BCUT2D eigenvalue weighted by Crippen LogP contribution is -2.37. The maximum atomic E-state index is 13.7. The lowest BCUT2D eigenvalue weighted by molar-refractivity contribution is -0.131. The highest BCUT2D eigenvalue weighted by atomic mass is 19.1. The van der Waals surface area contributed by atoms with Crippen molar-refractivity contribution in [3.8, 4) is 0 Å². The summed E-state index contributed by atoms with van der Waals surface area (Å²) in [6.07, 6.45) is 2.10. The molecule has 0 N–H and O–H groups in total. The van der Waals surface area contributed by atoms with Gasteiger partial charge in [0.25, 0.3) is 0 Å². The molecule has 0 bridgehead atoms. The van der Waals surface area contributed by atoms with Crippen LogP contribution in [0.4, 0.5) is 4.39 Å². The zero-order chi connectivity index (χ0) is 17.1. The number of carbonyl (C=O) groups is 1. The van der Waals surface area contributed by atoms with Crippen molar-refractivity contribution >= 4 is 5.91 Å². The van der Waals surface area contributed by atoms with Crippen LogP contribution in [0.3, 0.4) is 0 Å². The highest BCUT2D eigenvalue weighted by molar-refractivity contribution is 5.78. The Morgan fingerprint density at radius 2 is 1.83 bits per heavy atom. The number of amides is 1. The summed E-state index contributed by atoms with van der Waals surface area (Å²) in [5, 5.41) is 0. The predicted molar refractivity (Wildman–Crippen MR) is 93.0 cm³/mol. The zero-order valence-corrected chi connectivity index (χ0v) is 14.2. The summed E-state index contributed by atoms with van der Waals surface area (Å²) in [5.74, 6) is -0.264. The lowest BCUT2D eigenvalue weighted by atomic mass is 10.1. The predicted octanol–water partition coefficient (Wildman–Crippen LogP) is 3.40. The third-order valence-electron chi connectivity index (χ3n) is 4.81. The Balaban J connectivity index is 1.61. The summed E-state index contributed by atoms with van der Waals surface area (Å²) >= 11 is 0. The van der Waals surface area contributed by atoms with Gasteiger partial charge in [-0.2, -0.15) is 0 Å². The first-order valence-corrected chi connectivity index (χ1v) is 8.31. The van der Waals surface area contributed by atoms with E-state index >= 15 is 0 Å². The Kier molecular flexibility index (Phi) is 4.95. The lowest BCUT2D eigenvalue weighted by Gasteiger charge is -2.27. The monoisotopic (exact) mass is 326 g/mol. The van der Waals surface area contributed by atoms with E-state index in [0.29, 0.717) is 18.7 Å². The largest absolute Gasteiger partial charge is 0.340 e. The van der Waals surface area contributed by atoms with Crippen LogP contribution in [0.15, 0.2) is 48.5 Å². The van der Waals surface area contributed by atoms with Gasteiger partial charge in [-0.25, -0.2) is 4.39 Å². The summed E-state index contributed by atoms with van der Waals surface area (Å²) in [6, 6.07) is 15.3. The molecule has 0 aromatic heterocycles. The van der Waals surface area contributed by atoms with Crippen LogP contribution in [0.25, 0.3) is 0 Å². The SMILES string of the molecule is CN(Cc1ccccc1F)C(=O)CN(C)C1CCc2ccccc21. The Hall–Kier alpha value is -2.20. The molecule has 0 heterocycles. The first kappa shape index (κ1) is 16.7. The number of fused-ring (bicyclic) bond motifs is 1. The number of carbonyl (C=O) groups excluding carboxylic acids is 1. The van der Waals surface area contributed by atoms with E-state index < -0.39 is 0 Å². The van der Waals surface area contributed by atoms with Crippen molar-refractivity contribution in [1.82, 2.24) is 9.80 Å². The fourth-order valence-corrected chi connectivity index (χ4v) is 3.41. The third-order valence-corrected chi connectivity index (χ3v) is 4.81. The van der Waals surface area contributed by atoms with Crippen LogP contribution in [-0.4, -0.2) is 36.3 Å².